The quantitative estimate of drug-likeness (QED) is 0.241. The Hall–Kier alpha value is -4.99. The smallest absolute Gasteiger partial charge is 0.307 e. The zero-order chi connectivity index (χ0) is 34.1. The van der Waals surface area contributed by atoms with Crippen molar-refractivity contribution in [2.24, 2.45) is 11.7 Å². The summed E-state index contributed by atoms with van der Waals surface area (Å²) < 4.78 is 0. The molecule has 0 unspecified atom stereocenters. The molecule has 5 rings (SSSR count). The van der Waals surface area contributed by atoms with E-state index in [0.29, 0.717) is 31.2 Å². The predicted molar refractivity (Wildman–Crippen MR) is 183 cm³/mol. The molecule has 1 aliphatic carbocycles. The van der Waals surface area contributed by atoms with Crippen LogP contribution in [0.4, 0.5) is 0 Å². The molecule has 48 heavy (non-hydrogen) atoms. The molecule has 1 saturated carbocycles. The second-order valence-corrected chi connectivity index (χ2v) is 13.1. The molecular formula is C38H44N4O6. The van der Waals surface area contributed by atoms with Crippen LogP contribution in [0.25, 0.3) is 10.8 Å². The number of fused-ring (bicyclic) bond motifs is 1. The first kappa shape index (κ1) is 34.3. The highest BCUT2D eigenvalue weighted by molar-refractivity contribution is 5.96. The van der Waals surface area contributed by atoms with Gasteiger partial charge in [0, 0.05) is 18.9 Å². The van der Waals surface area contributed by atoms with E-state index in [1.807, 2.05) is 42.5 Å². The van der Waals surface area contributed by atoms with E-state index in [4.69, 9.17) is 5.73 Å². The van der Waals surface area contributed by atoms with Gasteiger partial charge in [-0.15, -0.1) is 0 Å². The molecule has 0 aromatic heterocycles. The Labute approximate surface area is 280 Å². The third-order valence-corrected chi connectivity index (χ3v) is 9.51. The average Bonchev–Trinajstić information content (AvgIpc) is 3.06. The number of primary amides is 1. The third kappa shape index (κ3) is 8.87. The van der Waals surface area contributed by atoms with Crippen LogP contribution in [0.15, 0.2) is 78.9 Å². The topological polar surface area (TPSA) is 168 Å². The molecule has 0 saturated heterocycles. The number of carbonyl (C=O) groups is 5. The van der Waals surface area contributed by atoms with Gasteiger partial charge >= 0.3 is 5.97 Å². The first-order valence-electron chi connectivity index (χ1n) is 16.7. The molecule has 1 aliphatic heterocycles. The summed E-state index contributed by atoms with van der Waals surface area (Å²) in [5.74, 6) is -3.34. The Morgan fingerprint density at radius 2 is 1.65 bits per heavy atom. The van der Waals surface area contributed by atoms with Crippen LogP contribution in [-0.2, 0) is 36.8 Å². The molecule has 3 aromatic carbocycles. The Kier molecular flexibility index (Phi) is 11.3. The van der Waals surface area contributed by atoms with Crippen molar-refractivity contribution in [2.45, 2.75) is 81.7 Å². The highest BCUT2D eigenvalue weighted by Crippen LogP contribution is 2.31. The maximum Gasteiger partial charge on any atom is 0.307 e. The lowest BCUT2D eigenvalue weighted by Gasteiger charge is -2.38. The number of nitrogens with two attached hydrogens (primary N) is 1. The van der Waals surface area contributed by atoms with Gasteiger partial charge in [-0.3, -0.25) is 24.0 Å². The van der Waals surface area contributed by atoms with Gasteiger partial charge < -0.3 is 26.8 Å². The number of nitrogens with one attached hydrogen (secondary N) is 3. The van der Waals surface area contributed by atoms with E-state index in [-0.39, 0.29) is 43.6 Å². The summed E-state index contributed by atoms with van der Waals surface area (Å²) in [4.78, 5) is 64.4. The largest absolute Gasteiger partial charge is 0.481 e. The van der Waals surface area contributed by atoms with E-state index in [2.05, 4.69) is 40.2 Å². The molecule has 3 aromatic rings. The second-order valence-electron chi connectivity index (χ2n) is 13.1. The molecule has 6 N–H and O–H groups in total. The summed E-state index contributed by atoms with van der Waals surface area (Å²) in [5.41, 5.74) is 6.93. The maximum atomic E-state index is 13.9. The maximum absolute atomic E-state index is 13.9. The summed E-state index contributed by atoms with van der Waals surface area (Å²) in [5, 5.41) is 20.2. The lowest BCUT2D eigenvalue weighted by atomic mass is 9.80. The molecule has 3 atom stereocenters. The van der Waals surface area contributed by atoms with E-state index in [0.717, 1.165) is 41.2 Å². The number of allylic oxidation sites excluding steroid dienone is 2. The molecule has 10 heteroatoms. The second kappa shape index (κ2) is 15.7. The first-order valence-corrected chi connectivity index (χ1v) is 16.7. The van der Waals surface area contributed by atoms with Crippen LogP contribution >= 0.6 is 0 Å². The fraction of sp³-hybridized carbons (Fsp3) is 0.395. The monoisotopic (exact) mass is 652 g/mol. The summed E-state index contributed by atoms with van der Waals surface area (Å²) in [6, 6.07) is 20.3. The molecule has 0 radical (unpaired) electrons. The molecule has 10 nitrogen and oxygen atoms in total. The van der Waals surface area contributed by atoms with Crippen LogP contribution < -0.4 is 21.7 Å². The van der Waals surface area contributed by atoms with Crippen LogP contribution in [0.1, 0.15) is 74.0 Å². The normalized spacial score (nSPS) is 22.8. The van der Waals surface area contributed by atoms with Gasteiger partial charge in [-0.2, -0.15) is 0 Å². The van der Waals surface area contributed by atoms with Gasteiger partial charge in [0.1, 0.15) is 11.6 Å². The molecule has 252 valence electrons. The van der Waals surface area contributed by atoms with Gasteiger partial charge in [0.15, 0.2) is 0 Å². The highest BCUT2D eigenvalue weighted by atomic mass is 16.4. The fourth-order valence-electron chi connectivity index (χ4n) is 6.97. The molecule has 1 fully saturated rings. The lowest BCUT2D eigenvalue weighted by Crippen LogP contribution is -2.63. The van der Waals surface area contributed by atoms with Crippen molar-refractivity contribution in [3.63, 3.8) is 0 Å². The van der Waals surface area contributed by atoms with Crippen molar-refractivity contribution >= 4 is 40.4 Å². The van der Waals surface area contributed by atoms with Crippen molar-refractivity contribution in [2.75, 3.05) is 6.54 Å². The minimum absolute atomic E-state index is 0.0526. The number of amides is 4. The van der Waals surface area contributed by atoms with Crippen LogP contribution in [-0.4, -0.2) is 52.8 Å². The molecule has 1 heterocycles. The summed E-state index contributed by atoms with van der Waals surface area (Å²) in [6.07, 6.45) is 8.05. The molecule has 4 amide bonds. The average molecular weight is 653 g/mol. The number of carboxylic acids is 1. The van der Waals surface area contributed by atoms with Gasteiger partial charge in [0.05, 0.1) is 12.8 Å². The summed E-state index contributed by atoms with van der Waals surface area (Å²) >= 11 is 0. The number of hydrogen-bond acceptors (Lipinski definition) is 5. The Bertz CT molecular complexity index is 1670. The van der Waals surface area contributed by atoms with Crippen LogP contribution in [0.3, 0.4) is 0 Å². The Morgan fingerprint density at radius 1 is 0.917 bits per heavy atom. The Balaban J connectivity index is 1.49. The first-order chi connectivity index (χ1) is 23.1. The minimum Gasteiger partial charge on any atom is -0.481 e. The van der Waals surface area contributed by atoms with Crippen molar-refractivity contribution < 1.29 is 29.1 Å². The number of benzene rings is 3. The van der Waals surface area contributed by atoms with E-state index in [1.54, 1.807) is 12.1 Å². The summed E-state index contributed by atoms with van der Waals surface area (Å²) in [7, 11) is 0. The van der Waals surface area contributed by atoms with E-state index in [1.165, 1.54) is 0 Å². The predicted octanol–water partition coefficient (Wildman–Crippen LogP) is 4.05. The zero-order valence-corrected chi connectivity index (χ0v) is 27.1. The van der Waals surface area contributed by atoms with Gasteiger partial charge in [-0.1, -0.05) is 98.1 Å². The number of hydrogen-bond donors (Lipinski definition) is 5. The van der Waals surface area contributed by atoms with E-state index >= 15 is 0 Å². The van der Waals surface area contributed by atoms with E-state index < -0.39 is 35.3 Å². The number of carbonyl (C=O) groups excluding carboxylic acids is 4. The van der Waals surface area contributed by atoms with Crippen molar-refractivity contribution in [1.82, 2.24) is 16.0 Å². The third-order valence-electron chi connectivity index (χ3n) is 9.51. The molecule has 1 spiro atoms. The number of rotatable bonds is 7. The van der Waals surface area contributed by atoms with Gasteiger partial charge in [-0.25, -0.2) is 0 Å². The Morgan fingerprint density at radius 3 is 2.38 bits per heavy atom. The zero-order valence-electron chi connectivity index (χ0n) is 27.1. The number of carboxylic acid groups (broad SMARTS) is 1. The summed E-state index contributed by atoms with van der Waals surface area (Å²) in [6.45, 7) is 0.286. The van der Waals surface area contributed by atoms with Crippen molar-refractivity contribution in [3.8, 4) is 0 Å². The van der Waals surface area contributed by atoms with Gasteiger partial charge in [0.25, 0.3) is 0 Å². The van der Waals surface area contributed by atoms with Crippen LogP contribution in [0, 0.1) is 5.92 Å². The fourth-order valence-corrected chi connectivity index (χ4v) is 6.97. The minimum atomic E-state index is -1.22. The molecular weight excluding hydrogens is 608 g/mol. The molecule has 2 aliphatic rings. The number of aliphatic carboxylic acids is 1. The SMILES string of the molecule is NC(=O)C[C@@H]1NC(=O)C2(CCCCC2)NC(=O)C[C@@H](c2ccc(CC(=O)O)cc2)/C=C/C[C@@H](Cc2cccc3ccccc23)CNC1=O. The molecule has 0 bridgehead atoms. The van der Waals surface area contributed by atoms with Crippen molar-refractivity contribution in [1.29, 1.82) is 0 Å². The van der Waals surface area contributed by atoms with Crippen molar-refractivity contribution in [3.05, 3.63) is 95.6 Å². The van der Waals surface area contributed by atoms with Crippen LogP contribution in [0.5, 0.6) is 0 Å². The van der Waals surface area contributed by atoms with E-state index in [9.17, 15) is 29.1 Å². The van der Waals surface area contributed by atoms with Gasteiger partial charge in [0.2, 0.25) is 23.6 Å². The van der Waals surface area contributed by atoms with Crippen LogP contribution in [0.2, 0.25) is 0 Å². The lowest BCUT2D eigenvalue weighted by molar-refractivity contribution is -0.138. The standard InChI is InChI=1S/C38H44N4O6/c39-33(43)23-32-36(47)40-24-26(20-30-12-7-10-28-9-2-3-13-31(28)30)8-6-11-29(27-16-14-25(15-17-27)21-35(45)46)22-34(44)42-38(37(48)41-32)18-4-1-5-19-38/h2-3,6-7,9-17,26,29,32H,1,4-5,8,18-24H2,(H2,39,43)(H,40,47)(H,41,48)(H,42,44)(H,45,46)/b11-6+/t26-,29-,32-/m0/s1. The highest BCUT2D eigenvalue weighted by Gasteiger charge is 2.42. The van der Waals surface area contributed by atoms with Gasteiger partial charge in [-0.05, 0) is 59.1 Å².